The quantitative estimate of drug-likeness (QED) is 0.940. The number of fused-ring (bicyclic) bond motifs is 1. The average molecular weight is 329 g/mol. The summed E-state index contributed by atoms with van der Waals surface area (Å²) in [5.41, 5.74) is 3.21. The predicted molar refractivity (Wildman–Crippen MR) is 90.6 cm³/mol. The highest BCUT2D eigenvalue weighted by Crippen LogP contribution is 2.32. The number of carbonyl (C=O) groups is 1. The number of amides is 1. The van der Waals surface area contributed by atoms with Gasteiger partial charge in [-0.2, -0.15) is 5.10 Å². The minimum Gasteiger partial charge on any atom is -0.490 e. The highest BCUT2D eigenvalue weighted by molar-refractivity contribution is 5.96. The normalized spacial score (nSPS) is 14.8. The number of nitrogens with one attached hydrogen (secondary N) is 1. The Morgan fingerprint density at radius 2 is 1.96 bits per heavy atom. The second kappa shape index (κ2) is 6.55. The van der Waals surface area contributed by atoms with Gasteiger partial charge in [0, 0.05) is 19.2 Å². The van der Waals surface area contributed by atoms with Crippen molar-refractivity contribution in [1.29, 1.82) is 0 Å². The van der Waals surface area contributed by atoms with E-state index in [1.54, 1.807) is 4.68 Å². The zero-order valence-corrected chi connectivity index (χ0v) is 14.5. The van der Waals surface area contributed by atoms with Crippen LogP contribution in [0, 0.1) is 13.8 Å². The maximum Gasteiger partial charge on any atom is 0.255 e. The molecule has 1 unspecified atom stereocenters. The number of hydrogen-bond acceptors (Lipinski definition) is 4. The fraction of sp³-hybridized carbons (Fsp3) is 0.444. The molecule has 1 aromatic carbocycles. The monoisotopic (exact) mass is 329 g/mol. The van der Waals surface area contributed by atoms with Gasteiger partial charge in [-0.1, -0.05) is 6.07 Å². The third-order valence-electron chi connectivity index (χ3n) is 4.36. The number of ether oxygens (including phenoxy) is 2. The van der Waals surface area contributed by atoms with Gasteiger partial charge in [0.25, 0.3) is 5.91 Å². The maximum atomic E-state index is 12.6. The van der Waals surface area contributed by atoms with Crippen molar-refractivity contribution in [1.82, 2.24) is 15.1 Å². The molecule has 0 saturated heterocycles. The van der Waals surface area contributed by atoms with Gasteiger partial charge in [-0.3, -0.25) is 9.48 Å². The number of carbonyl (C=O) groups excluding carboxylic acids is 1. The van der Waals surface area contributed by atoms with E-state index < -0.39 is 0 Å². The number of aromatic nitrogens is 2. The molecule has 6 heteroatoms. The summed E-state index contributed by atoms with van der Waals surface area (Å²) >= 11 is 0. The summed E-state index contributed by atoms with van der Waals surface area (Å²) in [4.78, 5) is 12.6. The zero-order chi connectivity index (χ0) is 17.3. The van der Waals surface area contributed by atoms with Crippen LogP contribution in [0.5, 0.6) is 11.5 Å². The minimum absolute atomic E-state index is 0.113. The lowest BCUT2D eigenvalue weighted by molar-refractivity contribution is 0.0938. The smallest absolute Gasteiger partial charge is 0.255 e. The number of rotatable bonds is 3. The molecule has 1 aromatic heterocycles. The molecular weight excluding hydrogens is 306 g/mol. The third-order valence-corrected chi connectivity index (χ3v) is 4.36. The molecule has 6 nitrogen and oxygen atoms in total. The Hall–Kier alpha value is -2.50. The number of aryl methyl sites for hydroxylation is 2. The van der Waals surface area contributed by atoms with E-state index in [0.29, 0.717) is 18.8 Å². The van der Waals surface area contributed by atoms with Crippen LogP contribution in [0.3, 0.4) is 0 Å². The van der Waals surface area contributed by atoms with E-state index in [0.717, 1.165) is 34.9 Å². The van der Waals surface area contributed by atoms with Gasteiger partial charge in [-0.25, -0.2) is 0 Å². The van der Waals surface area contributed by atoms with Gasteiger partial charge < -0.3 is 14.8 Å². The Bertz CT molecular complexity index is 767. The first kappa shape index (κ1) is 16.4. The van der Waals surface area contributed by atoms with Crippen LogP contribution in [0.1, 0.15) is 46.7 Å². The number of nitrogens with zero attached hydrogens (tertiary/aromatic N) is 2. The molecule has 1 N–H and O–H groups in total. The average Bonchev–Trinajstić information content (AvgIpc) is 2.72. The van der Waals surface area contributed by atoms with Crippen molar-refractivity contribution in [2.24, 2.45) is 7.05 Å². The van der Waals surface area contributed by atoms with E-state index in [-0.39, 0.29) is 11.9 Å². The largest absolute Gasteiger partial charge is 0.490 e. The molecule has 1 aliphatic rings. The summed E-state index contributed by atoms with van der Waals surface area (Å²) in [5.74, 6) is 1.38. The van der Waals surface area contributed by atoms with Crippen molar-refractivity contribution < 1.29 is 14.3 Å². The highest BCUT2D eigenvalue weighted by atomic mass is 16.5. The molecule has 0 spiro atoms. The van der Waals surface area contributed by atoms with Crippen molar-refractivity contribution in [2.75, 3.05) is 13.2 Å². The molecule has 24 heavy (non-hydrogen) atoms. The van der Waals surface area contributed by atoms with Crippen LogP contribution in [0.2, 0.25) is 0 Å². The SMILES string of the molecule is Cc1nn(C)c(C)c1C(=O)NC(C)c1ccc2c(c1)OCCCO2. The van der Waals surface area contributed by atoms with Crippen LogP contribution >= 0.6 is 0 Å². The lowest BCUT2D eigenvalue weighted by Gasteiger charge is -2.16. The van der Waals surface area contributed by atoms with E-state index in [1.807, 2.05) is 46.0 Å². The minimum atomic E-state index is -0.145. The van der Waals surface area contributed by atoms with Gasteiger partial charge in [0.2, 0.25) is 0 Å². The van der Waals surface area contributed by atoms with Crippen LogP contribution < -0.4 is 14.8 Å². The second-order valence-corrected chi connectivity index (χ2v) is 6.12. The standard InChI is InChI=1S/C18H23N3O3/c1-11(19-18(22)17-12(2)20-21(4)13(17)3)14-6-7-15-16(10-14)24-9-5-8-23-15/h6-7,10-11H,5,8-9H2,1-4H3,(H,19,22). The van der Waals surface area contributed by atoms with Crippen LogP contribution in [0.4, 0.5) is 0 Å². The Morgan fingerprint density at radius 1 is 1.25 bits per heavy atom. The lowest BCUT2D eigenvalue weighted by Crippen LogP contribution is -2.27. The molecular formula is C18H23N3O3. The maximum absolute atomic E-state index is 12.6. The predicted octanol–water partition coefficient (Wildman–Crippen LogP) is 2.69. The Balaban J connectivity index is 1.78. The van der Waals surface area contributed by atoms with Crippen molar-refractivity contribution in [2.45, 2.75) is 33.2 Å². The first-order valence-corrected chi connectivity index (χ1v) is 8.18. The fourth-order valence-corrected chi connectivity index (χ4v) is 2.90. The van der Waals surface area contributed by atoms with Crippen molar-refractivity contribution in [3.05, 3.63) is 40.7 Å². The first-order valence-electron chi connectivity index (χ1n) is 8.18. The van der Waals surface area contributed by atoms with Gasteiger partial charge >= 0.3 is 0 Å². The summed E-state index contributed by atoms with van der Waals surface area (Å²) in [5, 5.41) is 7.34. The molecule has 0 radical (unpaired) electrons. The first-order chi connectivity index (χ1) is 11.5. The molecule has 2 aromatic rings. The van der Waals surface area contributed by atoms with Crippen molar-refractivity contribution >= 4 is 5.91 Å². The Kier molecular flexibility index (Phi) is 4.46. The fourth-order valence-electron chi connectivity index (χ4n) is 2.90. The van der Waals surface area contributed by atoms with Crippen LogP contribution in [-0.2, 0) is 7.05 Å². The van der Waals surface area contributed by atoms with E-state index in [2.05, 4.69) is 10.4 Å². The molecule has 2 heterocycles. The zero-order valence-electron chi connectivity index (χ0n) is 14.5. The Morgan fingerprint density at radius 3 is 2.62 bits per heavy atom. The van der Waals surface area contributed by atoms with Gasteiger partial charge in [0.05, 0.1) is 30.5 Å². The summed E-state index contributed by atoms with van der Waals surface area (Å²) in [6, 6.07) is 5.66. The molecule has 0 bridgehead atoms. The second-order valence-electron chi connectivity index (χ2n) is 6.12. The molecule has 3 rings (SSSR count). The van der Waals surface area contributed by atoms with E-state index in [9.17, 15) is 4.79 Å². The van der Waals surface area contributed by atoms with Crippen molar-refractivity contribution in [3.63, 3.8) is 0 Å². The lowest BCUT2D eigenvalue weighted by atomic mass is 10.1. The summed E-state index contributed by atoms with van der Waals surface area (Å²) in [6.45, 7) is 7.01. The summed E-state index contributed by atoms with van der Waals surface area (Å²) < 4.78 is 13.1. The van der Waals surface area contributed by atoms with Gasteiger partial charge in [0.15, 0.2) is 11.5 Å². The molecule has 128 valence electrons. The van der Waals surface area contributed by atoms with E-state index in [1.165, 1.54) is 0 Å². The van der Waals surface area contributed by atoms with Crippen LogP contribution in [0.25, 0.3) is 0 Å². The number of benzene rings is 1. The summed E-state index contributed by atoms with van der Waals surface area (Å²) in [6.07, 6.45) is 0.871. The van der Waals surface area contributed by atoms with Gasteiger partial charge in [-0.05, 0) is 38.5 Å². The van der Waals surface area contributed by atoms with Crippen LogP contribution in [-0.4, -0.2) is 28.9 Å². The topological polar surface area (TPSA) is 65.4 Å². The Labute approximate surface area is 141 Å². The third kappa shape index (κ3) is 3.09. The van der Waals surface area contributed by atoms with Gasteiger partial charge in [0.1, 0.15) is 0 Å². The molecule has 1 amide bonds. The van der Waals surface area contributed by atoms with Gasteiger partial charge in [-0.15, -0.1) is 0 Å². The molecule has 0 fully saturated rings. The van der Waals surface area contributed by atoms with Crippen LogP contribution in [0.15, 0.2) is 18.2 Å². The summed E-state index contributed by atoms with van der Waals surface area (Å²) in [7, 11) is 1.84. The molecule has 1 aliphatic heterocycles. The van der Waals surface area contributed by atoms with Crippen molar-refractivity contribution in [3.8, 4) is 11.5 Å². The molecule has 1 atom stereocenters. The number of hydrogen-bond donors (Lipinski definition) is 1. The van der Waals surface area contributed by atoms with E-state index in [4.69, 9.17) is 9.47 Å². The highest BCUT2D eigenvalue weighted by Gasteiger charge is 2.20. The molecule has 0 aliphatic carbocycles. The molecule has 0 saturated carbocycles. The van der Waals surface area contributed by atoms with E-state index >= 15 is 0 Å².